The second kappa shape index (κ2) is 5.36. The molecule has 0 aliphatic heterocycles. The number of hydrogen-bond donors (Lipinski definition) is 2. The van der Waals surface area contributed by atoms with Crippen LogP contribution in [0.25, 0.3) is 11.1 Å². The Morgan fingerprint density at radius 3 is 2.60 bits per heavy atom. The first-order valence-electron chi connectivity index (χ1n) is 6.14. The first-order valence-corrected chi connectivity index (χ1v) is 6.14. The molecule has 3 aromatic heterocycles. The molecular formula is C15H12N4O. The summed E-state index contributed by atoms with van der Waals surface area (Å²) in [5, 5.41) is 3.01. The average Bonchev–Trinajstić information content (AvgIpc) is 2.51. The van der Waals surface area contributed by atoms with Gasteiger partial charge in [0.1, 0.15) is 11.5 Å². The summed E-state index contributed by atoms with van der Waals surface area (Å²) in [5.74, 6) is 0.630. The van der Waals surface area contributed by atoms with Crippen molar-refractivity contribution in [2.75, 3.05) is 5.32 Å². The van der Waals surface area contributed by atoms with Gasteiger partial charge in [-0.15, -0.1) is 0 Å². The van der Waals surface area contributed by atoms with Crippen LogP contribution in [0, 0.1) is 0 Å². The van der Waals surface area contributed by atoms with Gasteiger partial charge in [0, 0.05) is 30.4 Å². The summed E-state index contributed by atoms with van der Waals surface area (Å²) in [6.07, 6.45) is 6.78. The molecule has 0 radical (unpaired) electrons. The standard InChI is InChI=1S/C15H12N4O/c20-15-13(19-14-3-1-2-6-17-14)9-12(10-18-15)11-4-7-16-8-5-11/h1-10H,(H,17,19)(H,18,20). The SMILES string of the molecule is O=c1[nH]cc(-c2ccncc2)cc1Nc1ccccn1. The maximum absolute atomic E-state index is 11.8. The molecule has 0 aliphatic rings. The molecule has 20 heavy (non-hydrogen) atoms. The molecule has 0 amide bonds. The largest absolute Gasteiger partial charge is 0.336 e. The molecule has 0 aliphatic carbocycles. The van der Waals surface area contributed by atoms with E-state index >= 15 is 0 Å². The highest BCUT2D eigenvalue weighted by Crippen LogP contribution is 2.19. The summed E-state index contributed by atoms with van der Waals surface area (Å²) in [6, 6.07) is 11.1. The summed E-state index contributed by atoms with van der Waals surface area (Å²) in [6.45, 7) is 0. The molecule has 0 atom stereocenters. The van der Waals surface area contributed by atoms with Gasteiger partial charge in [-0.2, -0.15) is 0 Å². The Kier molecular flexibility index (Phi) is 3.24. The van der Waals surface area contributed by atoms with Crippen molar-refractivity contribution in [2.24, 2.45) is 0 Å². The minimum Gasteiger partial charge on any atom is -0.336 e. The van der Waals surface area contributed by atoms with Crippen LogP contribution in [-0.4, -0.2) is 15.0 Å². The van der Waals surface area contributed by atoms with Crippen LogP contribution in [0.2, 0.25) is 0 Å². The zero-order chi connectivity index (χ0) is 13.8. The minimum absolute atomic E-state index is 0.187. The van der Waals surface area contributed by atoms with Crippen LogP contribution in [0.4, 0.5) is 11.5 Å². The van der Waals surface area contributed by atoms with Crippen LogP contribution in [0.15, 0.2) is 66.0 Å². The summed E-state index contributed by atoms with van der Waals surface area (Å²) in [4.78, 5) is 22.7. The fraction of sp³-hybridized carbons (Fsp3) is 0. The lowest BCUT2D eigenvalue weighted by atomic mass is 10.1. The lowest BCUT2D eigenvalue weighted by Gasteiger charge is -2.06. The second-order valence-corrected chi connectivity index (χ2v) is 4.21. The Balaban J connectivity index is 1.98. The Hall–Kier alpha value is -2.95. The third-order valence-electron chi connectivity index (χ3n) is 2.84. The van der Waals surface area contributed by atoms with Crippen molar-refractivity contribution >= 4 is 11.5 Å². The Bertz CT molecular complexity index is 754. The fourth-order valence-electron chi connectivity index (χ4n) is 1.86. The fourth-order valence-corrected chi connectivity index (χ4v) is 1.86. The molecular weight excluding hydrogens is 252 g/mol. The molecule has 0 bridgehead atoms. The molecule has 2 N–H and O–H groups in total. The van der Waals surface area contributed by atoms with Crippen molar-refractivity contribution in [1.82, 2.24) is 15.0 Å². The Morgan fingerprint density at radius 1 is 1.00 bits per heavy atom. The number of nitrogens with one attached hydrogen (secondary N) is 2. The lowest BCUT2D eigenvalue weighted by Crippen LogP contribution is -2.11. The molecule has 5 heteroatoms. The molecule has 0 spiro atoms. The second-order valence-electron chi connectivity index (χ2n) is 4.21. The third-order valence-corrected chi connectivity index (χ3v) is 2.84. The predicted molar refractivity (Wildman–Crippen MR) is 77.8 cm³/mol. The molecule has 0 aromatic carbocycles. The summed E-state index contributed by atoms with van der Waals surface area (Å²) < 4.78 is 0. The first kappa shape index (κ1) is 12.1. The van der Waals surface area contributed by atoms with Gasteiger partial charge >= 0.3 is 0 Å². The van der Waals surface area contributed by atoms with E-state index in [0.29, 0.717) is 11.5 Å². The first-order chi connectivity index (χ1) is 9.83. The molecule has 0 fully saturated rings. The molecule has 0 saturated carbocycles. The number of aromatic amines is 1. The van der Waals surface area contributed by atoms with Crippen LogP contribution >= 0.6 is 0 Å². The van der Waals surface area contributed by atoms with Gasteiger partial charge < -0.3 is 10.3 Å². The van der Waals surface area contributed by atoms with E-state index in [1.165, 1.54) is 0 Å². The minimum atomic E-state index is -0.187. The number of nitrogens with zero attached hydrogens (tertiary/aromatic N) is 2. The quantitative estimate of drug-likeness (QED) is 0.762. The van der Waals surface area contributed by atoms with Crippen molar-refractivity contribution in [3.63, 3.8) is 0 Å². The van der Waals surface area contributed by atoms with Crippen molar-refractivity contribution < 1.29 is 0 Å². The zero-order valence-corrected chi connectivity index (χ0v) is 10.6. The number of rotatable bonds is 3. The van der Waals surface area contributed by atoms with Crippen LogP contribution in [0.1, 0.15) is 0 Å². The van der Waals surface area contributed by atoms with E-state index in [1.54, 1.807) is 36.9 Å². The summed E-state index contributed by atoms with van der Waals surface area (Å²) in [5.41, 5.74) is 2.16. The third kappa shape index (κ3) is 2.56. The molecule has 98 valence electrons. The van der Waals surface area contributed by atoms with Gasteiger partial charge in [-0.1, -0.05) is 6.07 Å². The van der Waals surface area contributed by atoms with E-state index in [-0.39, 0.29) is 5.56 Å². The van der Waals surface area contributed by atoms with Gasteiger partial charge in [-0.3, -0.25) is 9.78 Å². The number of hydrogen-bond acceptors (Lipinski definition) is 4. The van der Waals surface area contributed by atoms with E-state index in [9.17, 15) is 4.79 Å². The van der Waals surface area contributed by atoms with Gasteiger partial charge in [-0.25, -0.2) is 4.98 Å². The average molecular weight is 264 g/mol. The molecule has 3 heterocycles. The van der Waals surface area contributed by atoms with Gasteiger partial charge in [0.25, 0.3) is 5.56 Å². The van der Waals surface area contributed by atoms with Crippen LogP contribution in [0.5, 0.6) is 0 Å². The highest BCUT2D eigenvalue weighted by Gasteiger charge is 2.04. The Morgan fingerprint density at radius 2 is 1.85 bits per heavy atom. The predicted octanol–water partition coefficient (Wildman–Crippen LogP) is 2.58. The van der Waals surface area contributed by atoms with E-state index < -0.39 is 0 Å². The highest BCUT2D eigenvalue weighted by atomic mass is 16.1. The van der Waals surface area contributed by atoms with Crippen LogP contribution in [-0.2, 0) is 0 Å². The van der Waals surface area contributed by atoms with Crippen LogP contribution < -0.4 is 10.9 Å². The lowest BCUT2D eigenvalue weighted by molar-refractivity contribution is 1.22. The highest BCUT2D eigenvalue weighted by molar-refractivity contribution is 5.68. The molecule has 0 saturated heterocycles. The van der Waals surface area contributed by atoms with Gasteiger partial charge in [0.05, 0.1) is 0 Å². The van der Waals surface area contributed by atoms with E-state index in [4.69, 9.17) is 0 Å². The van der Waals surface area contributed by atoms with Gasteiger partial charge in [-0.05, 0) is 35.9 Å². The van der Waals surface area contributed by atoms with E-state index in [1.807, 2.05) is 24.3 Å². The Labute approximate surface area is 115 Å². The number of anilines is 2. The van der Waals surface area contributed by atoms with Crippen molar-refractivity contribution in [3.8, 4) is 11.1 Å². The number of aromatic nitrogens is 3. The van der Waals surface area contributed by atoms with E-state index in [2.05, 4.69) is 20.3 Å². The monoisotopic (exact) mass is 264 g/mol. The number of pyridine rings is 3. The van der Waals surface area contributed by atoms with Crippen LogP contribution in [0.3, 0.4) is 0 Å². The maximum atomic E-state index is 11.8. The number of H-pyrrole nitrogens is 1. The van der Waals surface area contributed by atoms with E-state index in [0.717, 1.165) is 11.1 Å². The van der Waals surface area contributed by atoms with Crippen molar-refractivity contribution in [3.05, 3.63) is 71.5 Å². The molecule has 5 nitrogen and oxygen atoms in total. The normalized spacial score (nSPS) is 10.2. The van der Waals surface area contributed by atoms with Crippen molar-refractivity contribution in [1.29, 1.82) is 0 Å². The summed E-state index contributed by atoms with van der Waals surface area (Å²) >= 11 is 0. The summed E-state index contributed by atoms with van der Waals surface area (Å²) in [7, 11) is 0. The smallest absolute Gasteiger partial charge is 0.271 e. The molecule has 3 aromatic rings. The topological polar surface area (TPSA) is 70.7 Å². The maximum Gasteiger partial charge on any atom is 0.271 e. The molecule has 3 rings (SSSR count). The van der Waals surface area contributed by atoms with Gasteiger partial charge in [0.15, 0.2) is 0 Å². The molecule has 0 unspecified atom stereocenters. The van der Waals surface area contributed by atoms with Crippen molar-refractivity contribution in [2.45, 2.75) is 0 Å². The van der Waals surface area contributed by atoms with Gasteiger partial charge in [0.2, 0.25) is 0 Å². The zero-order valence-electron chi connectivity index (χ0n) is 10.6.